The molecular formula is C15H20N6O3S. The van der Waals surface area contributed by atoms with Gasteiger partial charge in [-0.2, -0.15) is 0 Å². The third kappa shape index (κ3) is 2.74. The molecular weight excluding hydrogens is 344 g/mol. The maximum Gasteiger partial charge on any atom is 0.235 e. The van der Waals surface area contributed by atoms with E-state index in [1.807, 2.05) is 0 Å². The number of amides is 1. The number of hydrogen-bond acceptors (Lipinski definition) is 8. The van der Waals surface area contributed by atoms with Crippen LogP contribution in [0, 0.1) is 0 Å². The maximum atomic E-state index is 11.9. The number of aliphatic hydroxyl groups is 2. The number of hydrogen-bond donors (Lipinski definition) is 4. The first-order valence-electron chi connectivity index (χ1n) is 8.27. The predicted octanol–water partition coefficient (Wildman–Crippen LogP) is -0.128. The second-order valence-electron chi connectivity index (χ2n) is 6.36. The van der Waals surface area contributed by atoms with Crippen LogP contribution in [-0.4, -0.2) is 66.2 Å². The highest BCUT2D eigenvalue weighted by Gasteiger charge is 2.47. The molecule has 1 aliphatic heterocycles. The Morgan fingerprint density at radius 2 is 2.08 bits per heavy atom. The average molecular weight is 364 g/mol. The van der Waals surface area contributed by atoms with Crippen molar-refractivity contribution in [2.75, 3.05) is 12.4 Å². The molecule has 4 atom stereocenters. The largest absolute Gasteiger partial charge is 0.389 e. The van der Waals surface area contributed by atoms with Crippen molar-refractivity contribution in [1.82, 2.24) is 24.8 Å². The number of aliphatic hydroxyl groups excluding tert-OH is 2. The quantitative estimate of drug-likeness (QED) is 0.591. The molecule has 2 aliphatic rings. The van der Waals surface area contributed by atoms with Crippen molar-refractivity contribution in [3.8, 4) is 0 Å². The van der Waals surface area contributed by atoms with E-state index in [1.54, 1.807) is 10.9 Å². The fourth-order valence-electron chi connectivity index (χ4n) is 3.14. The lowest BCUT2D eigenvalue weighted by Crippen LogP contribution is -2.39. The molecule has 1 amide bonds. The van der Waals surface area contributed by atoms with Gasteiger partial charge in [0.2, 0.25) is 5.91 Å². The molecule has 0 radical (unpaired) electrons. The van der Waals surface area contributed by atoms with E-state index in [4.69, 9.17) is 0 Å². The van der Waals surface area contributed by atoms with E-state index >= 15 is 0 Å². The van der Waals surface area contributed by atoms with Gasteiger partial charge in [-0.05, 0) is 19.3 Å². The van der Waals surface area contributed by atoms with Gasteiger partial charge in [0, 0.05) is 13.1 Å². The van der Waals surface area contributed by atoms with Crippen LogP contribution in [0.1, 0.15) is 24.6 Å². The lowest BCUT2D eigenvalue weighted by Gasteiger charge is -2.26. The van der Waals surface area contributed by atoms with Crippen molar-refractivity contribution >= 4 is 34.7 Å². The molecule has 2 fully saturated rings. The Balaban J connectivity index is 1.65. The normalized spacial score (nSPS) is 29.6. The van der Waals surface area contributed by atoms with Crippen molar-refractivity contribution in [3.05, 3.63) is 12.7 Å². The molecule has 4 rings (SSSR count). The minimum Gasteiger partial charge on any atom is -0.389 e. The summed E-state index contributed by atoms with van der Waals surface area (Å²) in [4.78, 5) is 24.9. The minimum atomic E-state index is -1.15. The van der Waals surface area contributed by atoms with E-state index in [9.17, 15) is 15.0 Å². The summed E-state index contributed by atoms with van der Waals surface area (Å²) in [5, 5.41) is 25.2. The summed E-state index contributed by atoms with van der Waals surface area (Å²) in [6.45, 7) is 0. The minimum absolute atomic E-state index is 0.314. The molecule has 25 heavy (non-hydrogen) atoms. The molecule has 2 aromatic heterocycles. The Bertz CT molecular complexity index is 795. The van der Waals surface area contributed by atoms with Crippen LogP contribution < -0.4 is 10.6 Å². The molecule has 3 heterocycles. The molecule has 2 unspecified atom stereocenters. The zero-order valence-corrected chi connectivity index (χ0v) is 14.5. The SMILES string of the molecule is CNC(=O)[C@H]1S[C@@H](n2cnc3c(NC4CCC4)ncnc32)C(O)C1O. The van der Waals surface area contributed by atoms with E-state index in [-0.39, 0.29) is 5.91 Å². The zero-order valence-electron chi connectivity index (χ0n) is 13.7. The monoisotopic (exact) mass is 364 g/mol. The lowest BCUT2D eigenvalue weighted by atomic mass is 9.93. The highest BCUT2D eigenvalue weighted by atomic mass is 32.2. The molecule has 4 N–H and O–H groups in total. The van der Waals surface area contributed by atoms with Crippen molar-refractivity contribution in [2.24, 2.45) is 0 Å². The average Bonchev–Trinajstić information content (AvgIpc) is 3.13. The number of fused-ring (bicyclic) bond motifs is 1. The number of imidazole rings is 1. The number of aromatic nitrogens is 4. The molecule has 1 aliphatic carbocycles. The third-order valence-electron chi connectivity index (χ3n) is 4.82. The number of thioether (sulfide) groups is 1. The molecule has 10 heteroatoms. The smallest absolute Gasteiger partial charge is 0.235 e. The predicted molar refractivity (Wildman–Crippen MR) is 93.1 cm³/mol. The lowest BCUT2D eigenvalue weighted by molar-refractivity contribution is -0.122. The first-order chi connectivity index (χ1) is 12.1. The summed E-state index contributed by atoms with van der Waals surface area (Å²) in [5.41, 5.74) is 1.19. The van der Waals surface area contributed by atoms with Gasteiger partial charge in [-0.1, -0.05) is 0 Å². The Kier molecular flexibility index (Phi) is 4.26. The highest BCUT2D eigenvalue weighted by Crippen LogP contribution is 2.43. The first kappa shape index (κ1) is 16.6. The molecule has 1 saturated carbocycles. The van der Waals surface area contributed by atoms with Gasteiger partial charge in [-0.25, -0.2) is 15.0 Å². The van der Waals surface area contributed by atoms with Gasteiger partial charge in [0.15, 0.2) is 11.5 Å². The summed E-state index contributed by atoms with van der Waals surface area (Å²) in [6.07, 6.45) is 4.23. The van der Waals surface area contributed by atoms with Crippen LogP contribution >= 0.6 is 11.8 Å². The van der Waals surface area contributed by atoms with E-state index in [0.717, 1.165) is 12.8 Å². The number of carbonyl (C=O) groups excluding carboxylic acids is 1. The van der Waals surface area contributed by atoms with E-state index < -0.39 is 22.8 Å². The van der Waals surface area contributed by atoms with Gasteiger partial charge in [-0.15, -0.1) is 11.8 Å². The van der Waals surface area contributed by atoms with Gasteiger partial charge in [0.05, 0.1) is 6.33 Å². The molecule has 0 aromatic carbocycles. The molecule has 0 bridgehead atoms. The van der Waals surface area contributed by atoms with Gasteiger partial charge in [-0.3, -0.25) is 9.36 Å². The number of nitrogens with one attached hydrogen (secondary N) is 2. The van der Waals surface area contributed by atoms with Gasteiger partial charge in [0.25, 0.3) is 0 Å². The van der Waals surface area contributed by atoms with Crippen LogP contribution in [0.2, 0.25) is 0 Å². The Morgan fingerprint density at radius 1 is 1.28 bits per heavy atom. The van der Waals surface area contributed by atoms with Crippen LogP contribution in [0.25, 0.3) is 11.2 Å². The highest BCUT2D eigenvalue weighted by molar-refractivity contribution is 8.01. The molecule has 9 nitrogen and oxygen atoms in total. The van der Waals surface area contributed by atoms with E-state index in [0.29, 0.717) is 23.0 Å². The third-order valence-corrected chi connectivity index (χ3v) is 6.39. The van der Waals surface area contributed by atoms with E-state index in [1.165, 1.54) is 31.6 Å². The Labute approximate surface area is 148 Å². The van der Waals surface area contributed by atoms with Gasteiger partial charge < -0.3 is 20.8 Å². The molecule has 2 aromatic rings. The number of anilines is 1. The Morgan fingerprint density at radius 3 is 2.76 bits per heavy atom. The summed E-state index contributed by atoms with van der Waals surface area (Å²) in [7, 11) is 1.51. The second kappa shape index (κ2) is 6.43. The fraction of sp³-hybridized carbons (Fsp3) is 0.600. The number of rotatable bonds is 4. The molecule has 134 valence electrons. The maximum absolute atomic E-state index is 11.9. The summed E-state index contributed by atoms with van der Waals surface area (Å²) in [5.74, 6) is 0.361. The van der Waals surface area contributed by atoms with Crippen LogP contribution in [0.3, 0.4) is 0 Å². The molecule has 0 spiro atoms. The summed E-state index contributed by atoms with van der Waals surface area (Å²) >= 11 is 1.20. The van der Waals surface area contributed by atoms with E-state index in [2.05, 4.69) is 25.6 Å². The van der Waals surface area contributed by atoms with Crippen LogP contribution in [0.15, 0.2) is 12.7 Å². The number of nitrogens with zero attached hydrogens (tertiary/aromatic N) is 4. The zero-order chi connectivity index (χ0) is 17.6. The van der Waals surface area contributed by atoms with Crippen LogP contribution in [0.5, 0.6) is 0 Å². The van der Waals surface area contributed by atoms with Crippen molar-refractivity contribution in [1.29, 1.82) is 0 Å². The van der Waals surface area contributed by atoms with Gasteiger partial charge >= 0.3 is 0 Å². The first-order valence-corrected chi connectivity index (χ1v) is 9.21. The molecule has 1 saturated heterocycles. The topological polar surface area (TPSA) is 125 Å². The standard InChI is InChI=1S/C15H20N6O3S/c1-16-14(24)11-9(22)10(23)15(25-11)21-6-19-8-12(17-5-18-13(8)21)20-7-3-2-4-7/h5-7,9-11,15,22-23H,2-4H2,1H3,(H,16,24)(H,17,18,20)/t9?,10?,11-,15+/m0/s1. The van der Waals surface area contributed by atoms with Gasteiger partial charge in [0.1, 0.15) is 34.7 Å². The van der Waals surface area contributed by atoms with Crippen molar-refractivity contribution in [3.63, 3.8) is 0 Å². The van der Waals surface area contributed by atoms with Crippen molar-refractivity contribution < 1.29 is 15.0 Å². The van der Waals surface area contributed by atoms with Crippen LogP contribution in [0.4, 0.5) is 5.82 Å². The van der Waals surface area contributed by atoms with Crippen LogP contribution in [-0.2, 0) is 4.79 Å². The number of carbonyl (C=O) groups is 1. The summed E-state index contributed by atoms with van der Waals surface area (Å²) in [6, 6.07) is 0.411. The Hall–Kier alpha value is -1.91. The second-order valence-corrected chi connectivity index (χ2v) is 7.62. The fourth-order valence-corrected chi connectivity index (χ4v) is 4.61. The summed E-state index contributed by atoms with van der Waals surface area (Å²) < 4.78 is 1.70. The van der Waals surface area contributed by atoms with Crippen molar-refractivity contribution in [2.45, 2.75) is 48.1 Å².